The van der Waals surface area contributed by atoms with Crippen molar-refractivity contribution >= 4 is 11.1 Å². The van der Waals surface area contributed by atoms with Gasteiger partial charge in [-0.25, -0.2) is 4.21 Å². The summed E-state index contributed by atoms with van der Waals surface area (Å²) in [6.07, 6.45) is 0.581. The summed E-state index contributed by atoms with van der Waals surface area (Å²) >= 11 is -1.75. The van der Waals surface area contributed by atoms with E-state index in [2.05, 4.69) is 0 Å². The zero-order valence-electron chi connectivity index (χ0n) is 8.05. The molecule has 14 heavy (non-hydrogen) atoms. The molecule has 3 nitrogen and oxygen atoms in total. The second kappa shape index (κ2) is 5.78. The molecular formula is C10H14O3S. The Morgan fingerprint density at radius 2 is 2.07 bits per heavy atom. The first-order chi connectivity index (χ1) is 6.70. The molecule has 0 aliphatic heterocycles. The molecule has 0 amide bonds. The maximum absolute atomic E-state index is 10.6. The highest BCUT2D eigenvalue weighted by Crippen LogP contribution is 2.09. The molecule has 0 aliphatic rings. The van der Waals surface area contributed by atoms with Crippen molar-refractivity contribution in [3.63, 3.8) is 0 Å². The molecule has 1 rings (SSSR count). The number of hydrogen-bond acceptors (Lipinski definition) is 2. The summed E-state index contributed by atoms with van der Waals surface area (Å²) in [5, 5.41) is -0.237. The lowest BCUT2D eigenvalue weighted by atomic mass is 10.3. The molecule has 0 radical (unpaired) electrons. The van der Waals surface area contributed by atoms with Crippen molar-refractivity contribution in [3.05, 3.63) is 30.3 Å². The van der Waals surface area contributed by atoms with Gasteiger partial charge in [0.2, 0.25) is 0 Å². The third-order valence-corrected chi connectivity index (χ3v) is 2.80. The number of benzene rings is 1. The molecule has 0 heterocycles. The molecule has 0 aromatic heterocycles. The topological polar surface area (TPSA) is 46.5 Å². The fraction of sp³-hybridized carbons (Fsp3) is 0.400. The first kappa shape index (κ1) is 11.2. The normalized spacial score (nSPS) is 14.7. The lowest BCUT2D eigenvalue weighted by Crippen LogP contribution is -2.13. The summed E-state index contributed by atoms with van der Waals surface area (Å²) in [6.45, 7) is 2.20. The van der Waals surface area contributed by atoms with Crippen LogP contribution in [0.4, 0.5) is 0 Å². The van der Waals surface area contributed by atoms with Gasteiger partial charge >= 0.3 is 0 Å². The van der Waals surface area contributed by atoms with Crippen LogP contribution in [0.1, 0.15) is 13.3 Å². The van der Waals surface area contributed by atoms with Crippen molar-refractivity contribution < 1.29 is 13.5 Å². The minimum absolute atomic E-state index is 0.237. The summed E-state index contributed by atoms with van der Waals surface area (Å²) in [5.41, 5.74) is 0. The lowest BCUT2D eigenvalue weighted by Gasteiger charge is -2.08. The van der Waals surface area contributed by atoms with Crippen LogP contribution in [0, 0.1) is 0 Å². The van der Waals surface area contributed by atoms with Crippen molar-refractivity contribution in [3.8, 4) is 5.75 Å². The fourth-order valence-electron chi connectivity index (χ4n) is 0.960. The van der Waals surface area contributed by atoms with Gasteiger partial charge in [0.05, 0.1) is 11.9 Å². The van der Waals surface area contributed by atoms with E-state index in [9.17, 15) is 4.21 Å². The number of para-hydroxylation sites is 1. The van der Waals surface area contributed by atoms with Gasteiger partial charge in [-0.1, -0.05) is 18.2 Å². The lowest BCUT2D eigenvalue weighted by molar-refractivity contribution is 0.309. The molecule has 0 saturated heterocycles. The predicted molar refractivity (Wildman–Crippen MR) is 56.8 cm³/mol. The van der Waals surface area contributed by atoms with Crippen LogP contribution in [0.2, 0.25) is 0 Å². The molecule has 1 aromatic rings. The smallest absolute Gasteiger partial charge is 0.155 e. The molecule has 1 aromatic carbocycles. The average Bonchev–Trinajstić information content (AvgIpc) is 2.19. The van der Waals surface area contributed by atoms with Crippen LogP contribution < -0.4 is 4.74 Å². The zero-order chi connectivity index (χ0) is 10.4. The monoisotopic (exact) mass is 214 g/mol. The Balaban J connectivity index is 2.26. The molecule has 1 N–H and O–H groups in total. The molecular weight excluding hydrogens is 200 g/mol. The van der Waals surface area contributed by atoms with E-state index < -0.39 is 11.1 Å². The Kier molecular flexibility index (Phi) is 4.62. The van der Waals surface area contributed by atoms with E-state index >= 15 is 0 Å². The second-order valence-corrected chi connectivity index (χ2v) is 4.39. The number of ether oxygens (including phenoxy) is 1. The summed E-state index contributed by atoms with van der Waals surface area (Å²) < 4.78 is 24.7. The minimum atomic E-state index is -1.75. The second-order valence-electron chi connectivity index (χ2n) is 3.04. The molecule has 78 valence electrons. The first-order valence-corrected chi connectivity index (χ1v) is 5.64. The SMILES string of the molecule is CC(CCOc1ccccc1)S(=O)O. The van der Waals surface area contributed by atoms with Gasteiger partial charge in [0.1, 0.15) is 5.75 Å². The standard InChI is InChI=1S/C10H14O3S/c1-9(14(11)12)7-8-13-10-5-3-2-4-6-10/h2-6,9H,7-8H2,1H3,(H,11,12). The summed E-state index contributed by atoms with van der Waals surface area (Å²) in [5.74, 6) is 0.795. The van der Waals surface area contributed by atoms with Crippen LogP contribution in [0.25, 0.3) is 0 Å². The first-order valence-electron chi connectivity index (χ1n) is 4.47. The van der Waals surface area contributed by atoms with Crippen molar-refractivity contribution in [2.45, 2.75) is 18.6 Å². The predicted octanol–water partition coefficient (Wildman–Crippen LogP) is 2.07. The Hall–Kier alpha value is -0.870. The maximum atomic E-state index is 10.6. The largest absolute Gasteiger partial charge is 0.494 e. The molecule has 4 heteroatoms. The highest BCUT2D eigenvalue weighted by molar-refractivity contribution is 7.79. The zero-order valence-corrected chi connectivity index (χ0v) is 8.87. The van der Waals surface area contributed by atoms with Crippen LogP contribution in [0.15, 0.2) is 30.3 Å². The molecule has 0 spiro atoms. The quantitative estimate of drug-likeness (QED) is 0.763. The van der Waals surface area contributed by atoms with Gasteiger partial charge in [-0.15, -0.1) is 0 Å². The van der Waals surface area contributed by atoms with Crippen LogP contribution in [-0.4, -0.2) is 20.6 Å². The van der Waals surface area contributed by atoms with E-state index in [1.807, 2.05) is 30.3 Å². The van der Waals surface area contributed by atoms with Gasteiger partial charge in [-0.05, 0) is 25.5 Å². The van der Waals surface area contributed by atoms with Crippen LogP contribution in [0.5, 0.6) is 5.75 Å². The maximum Gasteiger partial charge on any atom is 0.155 e. The van der Waals surface area contributed by atoms with Gasteiger partial charge in [-0.2, -0.15) is 0 Å². The Labute approximate surface area is 86.4 Å². The number of hydrogen-bond donors (Lipinski definition) is 1. The van der Waals surface area contributed by atoms with E-state index in [1.54, 1.807) is 6.92 Å². The van der Waals surface area contributed by atoms with E-state index in [-0.39, 0.29) is 5.25 Å². The Morgan fingerprint density at radius 1 is 1.43 bits per heavy atom. The third kappa shape index (κ3) is 3.89. The molecule has 0 saturated carbocycles. The fourth-order valence-corrected chi connectivity index (χ4v) is 1.26. The third-order valence-electron chi connectivity index (χ3n) is 1.88. The Morgan fingerprint density at radius 3 is 2.64 bits per heavy atom. The van der Waals surface area contributed by atoms with Crippen LogP contribution in [0.3, 0.4) is 0 Å². The molecule has 2 unspecified atom stereocenters. The van der Waals surface area contributed by atoms with Crippen molar-refractivity contribution in [1.82, 2.24) is 0 Å². The van der Waals surface area contributed by atoms with Crippen LogP contribution in [-0.2, 0) is 11.1 Å². The molecule has 0 fully saturated rings. The molecule has 0 bridgehead atoms. The van der Waals surface area contributed by atoms with Crippen molar-refractivity contribution in [2.24, 2.45) is 0 Å². The van der Waals surface area contributed by atoms with Gasteiger partial charge in [0.25, 0.3) is 0 Å². The van der Waals surface area contributed by atoms with E-state index in [1.165, 1.54) is 0 Å². The van der Waals surface area contributed by atoms with Crippen LogP contribution >= 0.6 is 0 Å². The van der Waals surface area contributed by atoms with Gasteiger partial charge in [-0.3, -0.25) is 0 Å². The van der Waals surface area contributed by atoms with Crippen molar-refractivity contribution in [2.75, 3.05) is 6.61 Å². The highest BCUT2D eigenvalue weighted by atomic mass is 32.2. The minimum Gasteiger partial charge on any atom is -0.494 e. The van der Waals surface area contributed by atoms with E-state index in [4.69, 9.17) is 9.29 Å². The average molecular weight is 214 g/mol. The molecule has 2 atom stereocenters. The van der Waals surface area contributed by atoms with Gasteiger partial charge in [0.15, 0.2) is 11.1 Å². The number of rotatable bonds is 5. The van der Waals surface area contributed by atoms with E-state index in [0.29, 0.717) is 13.0 Å². The summed E-state index contributed by atoms with van der Waals surface area (Å²) in [6, 6.07) is 9.42. The van der Waals surface area contributed by atoms with E-state index in [0.717, 1.165) is 5.75 Å². The van der Waals surface area contributed by atoms with Crippen molar-refractivity contribution in [1.29, 1.82) is 0 Å². The highest BCUT2D eigenvalue weighted by Gasteiger charge is 2.07. The Bertz CT molecular complexity index is 287. The summed E-state index contributed by atoms with van der Waals surface area (Å²) in [7, 11) is 0. The van der Waals surface area contributed by atoms with Gasteiger partial charge in [0, 0.05) is 0 Å². The molecule has 0 aliphatic carbocycles. The van der Waals surface area contributed by atoms with Gasteiger partial charge < -0.3 is 9.29 Å². The summed E-state index contributed by atoms with van der Waals surface area (Å²) in [4.78, 5) is 0.